The van der Waals surface area contributed by atoms with Gasteiger partial charge in [-0.05, 0) is 77.9 Å². The van der Waals surface area contributed by atoms with Crippen LogP contribution >= 0.6 is 0 Å². The highest BCUT2D eigenvalue weighted by Gasteiger charge is 2.45. The summed E-state index contributed by atoms with van der Waals surface area (Å²) < 4.78 is 53.4. The lowest BCUT2D eigenvalue weighted by Crippen LogP contribution is -2.59. The van der Waals surface area contributed by atoms with Gasteiger partial charge < -0.3 is 0 Å². The smallest absolute Gasteiger partial charge is 0.258 e. The maximum Gasteiger partial charge on any atom is 0.258 e. The number of fused-ring (bicyclic) bond motifs is 13. The lowest BCUT2D eigenvalue weighted by atomic mass is 9.34. The summed E-state index contributed by atoms with van der Waals surface area (Å²) >= 11 is 0. The van der Waals surface area contributed by atoms with Crippen LogP contribution in [0, 0.1) is 24.4 Å². The van der Waals surface area contributed by atoms with Crippen molar-refractivity contribution in [3.05, 3.63) is 108 Å². The Kier molecular flexibility index (Phi) is 3.59. The molecule has 194 valence electrons. The fraction of sp³-hybridized carbons (Fsp3) is 0.0303. The van der Waals surface area contributed by atoms with E-state index in [4.69, 9.17) is 0 Å². The van der Waals surface area contributed by atoms with Crippen molar-refractivity contribution in [2.24, 2.45) is 0 Å². The number of rotatable bonds is 1. The van der Waals surface area contributed by atoms with Gasteiger partial charge in [-0.1, -0.05) is 24.8 Å². The van der Waals surface area contributed by atoms with Gasteiger partial charge in [0.2, 0.25) is 0 Å². The van der Waals surface area contributed by atoms with Gasteiger partial charge in [0.25, 0.3) is 6.71 Å². The maximum absolute atomic E-state index is 15.0. The fourth-order valence-electron chi connectivity index (χ4n) is 7.89. The van der Waals surface area contributed by atoms with Crippen LogP contribution in [0.5, 0.6) is 0 Å². The molecule has 41 heavy (non-hydrogen) atoms. The third-order valence-corrected chi connectivity index (χ3v) is 9.30. The highest BCUT2D eigenvalue weighted by Crippen LogP contribution is 2.38. The first-order valence-corrected chi connectivity index (χ1v) is 13.5. The molecule has 0 saturated carbocycles. The predicted octanol–water partition coefficient (Wildman–Crippen LogP) is 5.74. The number of aryl methyl sites for hydroxylation is 1. The molecule has 0 amide bonds. The first-order valence-electron chi connectivity index (χ1n) is 13.5. The first kappa shape index (κ1) is 21.7. The molecule has 4 aromatic heterocycles. The quantitative estimate of drug-likeness (QED) is 0.238. The fourth-order valence-corrected chi connectivity index (χ4v) is 7.89. The second-order valence-electron chi connectivity index (χ2n) is 11.1. The van der Waals surface area contributed by atoms with E-state index in [1.165, 1.54) is 18.2 Å². The van der Waals surface area contributed by atoms with E-state index >= 15 is 4.39 Å². The van der Waals surface area contributed by atoms with Gasteiger partial charge in [0, 0.05) is 33.9 Å². The van der Waals surface area contributed by atoms with Crippen LogP contribution in [-0.4, -0.2) is 24.6 Å². The van der Waals surface area contributed by atoms with Crippen molar-refractivity contribution >= 4 is 73.3 Å². The van der Waals surface area contributed by atoms with E-state index in [9.17, 15) is 8.78 Å². The summed E-state index contributed by atoms with van der Waals surface area (Å²) in [6.45, 7) is 5.85. The minimum atomic E-state index is -0.890. The summed E-state index contributed by atoms with van der Waals surface area (Å²) in [6, 6.07) is 21.8. The van der Waals surface area contributed by atoms with Gasteiger partial charge in [0.1, 0.15) is 17.1 Å². The lowest BCUT2D eigenvalue weighted by Gasteiger charge is -2.31. The molecule has 0 bridgehead atoms. The standard InChI is InChI=1S/C33H18BF3N4/c1-3-22-16(2)38-23-12-11-17(35)13-18(23)29-32(38)39(22)26-9-6-10-27-31(26)34(29)30-19-14-20(36)21(37)15-28(19)41-25-8-5-4-7-24(25)40(27)33(30)41/h3-15H,1H2,2H3. The maximum atomic E-state index is 15.0. The lowest BCUT2D eigenvalue weighted by molar-refractivity contribution is 0.511. The second-order valence-corrected chi connectivity index (χ2v) is 11.1. The van der Waals surface area contributed by atoms with E-state index in [0.29, 0.717) is 10.9 Å². The van der Waals surface area contributed by atoms with Gasteiger partial charge in [-0.25, -0.2) is 13.2 Å². The van der Waals surface area contributed by atoms with Crippen molar-refractivity contribution in [3.8, 4) is 11.4 Å². The molecule has 10 rings (SSSR count). The molecule has 4 nitrogen and oxygen atoms in total. The largest absolute Gasteiger partial charge is 0.298 e. The van der Waals surface area contributed by atoms with Gasteiger partial charge in [0.15, 0.2) is 11.6 Å². The average molecular weight is 538 g/mol. The first-order chi connectivity index (χ1) is 20.0. The highest BCUT2D eigenvalue weighted by atomic mass is 19.2. The van der Waals surface area contributed by atoms with E-state index in [2.05, 4.69) is 51.3 Å². The molecule has 0 saturated heterocycles. The molecule has 8 heteroatoms. The number of para-hydroxylation sites is 2. The molecule has 6 heterocycles. The van der Waals surface area contributed by atoms with E-state index < -0.39 is 11.6 Å². The SMILES string of the molecule is C=Cc1c(C)n2c3ccc(F)cc3c3c2n1-c1cccc2c1B3c1c3cc(F)c(F)cc3n3c4ccccc4n-2c13. The Hall–Kier alpha value is -5.11. The molecule has 8 aromatic rings. The number of hydrogen-bond donors (Lipinski definition) is 0. The van der Waals surface area contributed by atoms with Crippen LogP contribution in [0.2, 0.25) is 0 Å². The number of nitrogens with zero attached hydrogens (tertiary/aromatic N) is 4. The Labute approximate surface area is 230 Å². The number of halogens is 3. The summed E-state index contributed by atoms with van der Waals surface area (Å²) in [5, 5.41) is 1.45. The molecule has 0 atom stereocenters. The third kappa shape index (κ3) is 2.20. The van der Waals surface area contributed by atoms with Gasteiger partial charge >= 0.3 is 0 Å². The molecule has 2 aliphatic rings. The Balaban J connectivity index is 1.55. The summed E-state index contributed by atoms with van der Waals surface area (Å²) in [7, 11) is 0. The van der Waals surface area contributed by atoms with Crippen LogP contribution in [0.3, 0.4) is 0 Å². The molecule has 0 spiro atoms. The van der Waals surface area contributed by atoms with Gasteiger partial charge in [-0.15, -0.1) is 0 Å². The summed E-state index contributed by atoms with van der Waals surface area (Å²) in [4.78, 5) is 0. The molecular formula is C33H18BF3N4. The van der Waals surface area contributed by atoms with Gasteiger partial charge in [-0.2, -0.15) is 0 Å². The average Bonchev–Trinajstić information content (AvgIpc) is 3.67. The van der Waals surface area contributed by atoms with Crippen LogP contribution in [0.1, 0.15) is 11.4 Å². The van der Waals surface area contributed by atoms with Crippen LogP contribution < -0.4 is 16.4 Å². The third-order valence-electron chi connectivity index (χ3n) is 9.30. The van der Waals surface area contributed by atoms with Crippen molar-refractivity contribution in [2.75, 3.05) is 0 Å². The van der Waals surface area contributed by atoms with Crippen molar-refractivity contribution in [1.82, 2.24) is 17.9 Å². The van der Waals surface area contributed by atoms with E-state index in [1.54, 1.807) is 6.07 Å². The van der Waals surface area contributed by atoms with E-state index in [0.717, 1.165) is 72.4 Å². The summed E-state index contributed by atoms with van der Waals surface area (Å²) in [5.41, 5.74) is 12.0. The van der Waals surface area contributed by atoms with Crippen molar-refractivity contribution in [1.29, 1.82) is 0 Å². The van der Waals surface area contributed by atoms with Crippen molar-refractivity contribution in [2.45, 2.75) is 6.92 Å². The molecule has 0 unspecified atom stereocenters. The number of hydrogen-bond acceptors (Lipinski definition) is 0. The molecular weight excluding hydrogens is 520 g/mol. The Morgan fingerprint density at radius 1 is 0.659 bits per heavy atom. The van der Waals surface area contributed by atoms with E-state index in [1.807, 2.05) is 34.7 Å². The van der Waals surface area contributed by atoms with Crippen LogP contribution in [0.25, 0.3) is 61.6 Å². The highest BCUT2D eigenvalue weighted by molar-refractivity contribution is 7.02. The van der Waals surface area contributed by atoms with Crippen LogP contribution in [0.4, 0.5) is 13.2 Å². The minimum absolute atomic E-state index is 0.320. The van der Waals surface area contributed by atoms with Gasteiger partial charge in [-0.3, -0.25) is 17.9 Å². The topological polar surface area (TPSA) is 18.7 Å². The Morgan fingerprint density at radius 2 is 1.34 bits per heavy atom. The minimum Gasteiger partial charge on any atom is -0.298 e. The van der Waals surface area contributed by atoms with Crippen molar-refractivity contribution in [3.63, 3.8) is 0 Å². The van der Waals surface area contributed by atoms with Crippen LogP contribution in [-0.2, 0) is 0 Å². The number of aromatic nitrogens is 4. The van der Waals surface area contributed by atoms with Crippen LogP contribution in [0.15, 0.2) is 79.4 Å². The number of benzene rings is 4. The zero-order valence-electron chi connectivity index (χ0n) is 21.7. The summed E-state index contributed by atoms with van der Waals surface area (Å²) in [5.74, 6) is -2.10. The molecule has 2 aliphatic heterocycles. The number of imidazole rings is 2. The summed E-state index contributed by atoms with van der Waals surface area (Å²) in [6.07, 6.45) is 1.87. The monoisotopic (exact) mass is 538 g/mol. The van der Waals surface area contributed by atoms with Crippen molar-refractivity contribution < 1.29 is 13.2 Å². The molecule has 0 aliphatic carbocycles. The normalized spacial score (nSPS) is 13.4. The second kappa shape index (κ2) is 6.78. The molecule has 0 radical (unpaired) electrons. The molecule has 0 N–H and O–H groups in total. The zero-order valence-corrected chi connectivity index (χ0v) is 21.7. The zero-order chi connectivity index (χ0) is 27.5. The Morgan fingerprint density at radius 3 is 2.12 bits per heavy atom. The Bertz CT molecular complexity index is 2560. The van der Waals surface area contributed by atoms with E-state index in [-0.39, 0.29) is 12.5 Å². The molecule has 4 aromatic carbocycles. The molecule has 0 fully saturated rings. The predicted molar refractivity (Wildman–Crippen MR) is 159 cm³/mol. The van der Waals surface area contributed by atoms with Gasteiger partial charge in [0.05, 0.1) is 27.8 Å².